The van der Waals surface area contributed by atoms with Crippen LogP contribution in [0.4, 0.5) is 0 Å². The molecule has 90 valence electrons. The van der Waals surface area contributed by atoms with Crippen molar-refractivity contribution in [1.82, 2.24) is 9.55 Å². The van der Waals surface area contributed by atoms with Crippen molar-refractivity contribution in [1.29, 1.82) is 0 Å². The molecule has 18 heavy (non-hydrogen) atoms. The first-order valence-corrected chi connectivity index (χ1v) is 6.68. The maximum absolute atomic E-state index is 12.2. The van der Waals surface area contributed by atoms with Crippen LogP contribution in [0.5, 0.6) is 0 Å². The van der Waals surface area contributed by atoms with Crippen molar-refractivity contribution in [2.45, 2.75) is 13.0 Å². The highest BCUT2D eigenvalue weighted by atomic mass is 32.1. The molecule has 0 unspecified atom stereocenters. The first kappa shape index (κ1) is 11.2. The van der Waals surface area contributed by atoms with E-state index in [9.17, 15) is 4.79 Å². The number of hydrogen-bond donors (Lipinski definition) is 0. The Morgan fingerprint density at radius 2 is 2.00 bits per heavy atom. The standard InChI is InChI=1S/C14H12N2OS/c17-14-12-5-10-18-13(12)4-9-16(14)8-3-11-1-6-15-7-2-11/h1-2,4-7,9-10H,3,8H2. The minimum atomic E-state index is 0.0998. The number of hydrogen-bond acceptors (Lipinski definition) is 3. The molecular weight excluding hydrogens is 244 g/mol. The summed E-state index contributed by atoms with van der Waals surface area (Å²) in [5.41, 5.74) is 1.30. The summed E-state index contributed by atoms with van der Waals surface area (Å²) < 4.78 is 2.83. The summed E-state index contributed by atoms with van der Waals surface area (Å²) in [4.78, 5) is 16.2. The Hall–Kier alpha value is -1.94. The van der Waals surface area contributed by atoms with E-state index in [1.54, 1.807) is 28.3 Å². The van der Waals surface area contributed by atoms with Gasteiger partial charge in [0.25, 0.3) is 5.56 Å². The van der Waals surface area contributed by atoms with Crippen molar-refractivity contribution >= 4 is 21.4 Å². The molecule has 0 aliphatic heterocycles. The Bertz CT molecular complexity index is 715. The van der Waals surface area contributed by atoms with Gasteiger partial charge in [-0.1, -0.05) is 0 Å². The van der Waals surface area contributed by atoms with E-state index >= 15 is 0 Å². The lowest BCUT2D eigenvalue weighted by molar-refractivity contribution is 0.675. The third kappa shape index (κ3) is 2.07. The average Bonchev–Trinajstić information content (AvgIpc) is 2.88. The summed E-state index contributed by atoms with van der Waals surface area (Å²) in [7, 11) is 0. The number of aromatic nitrogens is 2. The van der Waals surface area contributed by atoms with E-state index in [4.69, 9.17) is 0 Å². The van der Waals surface area contributed by atoms with Crippen molar-refractivity contribution in [2.24, 2.45) is 0 Å². The predicted octanol–water partition coefficient (Wildman–Crippen LogP) is 2.70. The topological polar surface area (TPSA) is 34.9 Å². The second-order valence-corrected chi connectivity index (χ2v) is 5.07. The number of nitrogens with zero attached hydrogens (tertiary/aromatic N) is 2. The lowest BCUT2D eigenvalue weighted by Gasteiger charge is -2.05. The first-order chi connectivity index (χ1) is 8.84. The number of fused-ring (bicyclic) bond motifs is 1. The molecule has 3 aromatic heterocycles. The summed E-state index contributed by atoms with van der Waals surface area (Å²) in [6, 6.07) is 7.86. The number of thiophene rings is 1. The molecule has 0 aliphatic carbocycles. The minimum absolute atomic E-state index is 0.0998. The largest absolute Gasteiger partial charge is 0.315 e. The van der Waals surface area contributed by atoms with Crippen LogP contribution < -0.4 is 5.56 Å². The van der Waals surface area contributed by atoms with E-state index in [-0.39, 0.29) is 5.56 Å². The van der Waals surface area contributed by atoms with Gasteiger partial charge in [-0.05, 0) is 41.6 Å². The molecule has 0 atom stereocenters. The van der Waals surface area contributed by atoms with Crippen molar-refractivity contribution in [3.8, 4) is 0 Å². The van der Waals surface area contributed by atoms with E-state index in [0.717, 1.165) is 16.5 Å². The average molecular weight is 256 g/mol. The van der Waals surface area contributed by atoms with E-state index in [0.29, 0.717) is 6.54 Å². The summed E-state index contributed by atoms with van der Waals surface area (Å²) in [5.74, 6) is 0. The fraction of sp³-hybridized carbons (Fsp3) is 0.143. The lowest BCUT2D eigenvalue weighted by Crippen LogP contribution is -2.19. The van der Waals surface area contributed by atoms with E-state index in [2.05, 4.69) is 4.98 Å². The minimum Gasteiger partial charge on any atom is -0.315 e. The molecule has 3 rings (SSSR count). The molecule has 0 N–H and O–H groups in total. The molecule has 0 aromatic carbocycles. The third-order valence-electron chi connectivity index (χ3n) is 2.98. The summed E-state index contributed by atoms with van der Waals surface area (Å²) in [6.07, 6.45) is 6.28. The van der Waals surface area contributed by atoms with Crippen LogP contribution in [-0.2, 0) is 13.0 Å². The van der Waals surface area contributed by atoms with Crippen LogP contribution in [0.25, 0.3) is 10.1 Å². The molecule has 0 aliphatic rings. The highest BCUT2D eigenvalue weighted by Crippen LogP contribution is 2.16. The molecule has 0 amide bonds. The fourth-order valence-electron chi connectivity index (χ4n) is 1.98. The monoisotopic (exact) mass is 256 g/mol. The Balaban J connectivity index is 1.87. The van der Waals surface area contributed by atoms with Crippen LogP contribution in [0.2, 0.25) is 0 Å². The van der Waals surface area contributed by atoms with Crippen molar-refractivity contribution in [3.63, 3.8) is 0 Å². The van der Waals surface area contributed by atoms with Crippen LogP contribution >= 0.6 is 11.3 Å². The Morgan fingerprint density at radius 3 is 2.83 bits per heavy atom. The number of rotatable bonds is 3. The third-order valence-corrected chi connectivity index (χ3v) is 3.87. The Morgan fingerprint density at radius 1 is 1.17 bits per heavy atom. The van der Waals surface area contributed by atoms with Gasteiger partial charge in [0.1, 0.15) is 0 Å². The zero-order chi connectivity index (χ0) is 12.4. The maximum atomic E-state index is 12.2. The van der Waals surface area contributed by atoms with Crippen LogP contribution in [0.1, 0.15) is 5.56 Å². The van der Waals surface area contributed by atoms with Crippen molar-refractivity contribution in [3.05, 3.63) is 64.2 Å². The van der Waals surface area contributed by atoms with Gasteiger partial charge >= 0.3 is 0 Å². The fourth-order valence-corrected chi connectivity index (χ4v) is 2.75. The normalized spacial score (nSPS) is 10.9. The zero-order valence-corrected chi connectivity index (χ0v) is 10.6. The molecular formula is C14H12N2OS. The van der Waals surface area contributed by atoms with Gasteiger partial charge in [-0.15, -0.1) is 11.3 Å². The van der Waals surface area contributed by atoms with Crippen LogP contribution in [-0.4, -0.2) is 9.55 Å². The summed E-state index contributed by atoms with van der Waals surface area (Å²) in [6.45, 7) is 0.703. The lowest BCUT2D eigenvalue weighted by atomic mass is 10.2. The van der Waals surface area contributed by atoms with Crippen LogP contribution in [0.3, 0.4) is 0 Å². The molecule has 0 spiro atoms. The smallest absolute Gasteiger partial charge is 0.259 e. The van der Waals surface area contributed by atoms with Gasteiger partial charge < -0.3 is 4.57 Å². The predicted molar refractivity (Wildman–Crippen MR) is 74.0 cm³/mol. The SMILES string of the molecule is O=c1c2ccsc2ccn1CCc1ccncc1. The van der Waals surface area contributed by atoms with Crippen molar-refractivity contribution < 1.29 is 0 Å². The molecule has 0 saturated carbocycles. The molecule has 3 heterocycles. The van der Waals surface area contributed by atoms with Gasteiger partial charge in [0.15, 0.2) is 0 Å². The van der Waals surface area contributed by atoms with Gasteiger partial charge in [0, 0.05) is 29.8 Å². The Labute approximate surface area is 108 Å². The van der Waals surface area contributed by atoms with Gasteiger partial charge in [-0.2, -0.15) is 0 Å². The molecule has 3 nitrogen and oxygen atoms in total. The second-order valence-electron chi connectivity index (χ2n) is 4.12. The molecule has 0 saturated heterocycles. The quantitative estimate of drug-likeness (QED) is 0.722. The van der Waals surface area contributed by atoms with Crippen LogP contribution in [0, 0.1) is 0 Å². The van der Waals surface area contributed by atoms with Gasteiger partial charge in [-0.25, -0.2) is 0 Å². The molecule has 0 fully saturated rings. The van der Waals surface area contributed by atoms with Crippen molar-refractivity contribution in [2.75, 3.05) is 0 Å². The summed E-state index contributed by atoms with van der Waals surface area (Å²) in [5, 5.41) is 2.77. The highest BCUT2D eigenvalue weighted by molar-refractivity contribution is 7.17. The second kappa shape index (κ2) is 4.74. The van der Waals surface area contributed by atoms with E-state index in [1.165, 1.54) is 5.56 Å². The Kier molecular flexibility index (Phi) is 2.94. The molecule has 0 bridgehead atoms. The maximum Gasteiger partial charge on any atom is 0.259 e. The zero-order valence-electron chi connectivity index (χ0n) is 9.74. The van der Waals surface area contributed by atoms with Gasteiger partial charge in [-0.3, -0.25) is 9.78 Å². The number of pyridine rings is 2. The highest BCUT2D eigenvalue weighted by Gasteiger charge is 2.03. The molecule has 3 aromatic rings. The molecule has 0 radical (unpaired) electrons. The van der Waals surface area contributed by atoms with E-state index < -0.39 is 0 Å². The van der Waals surface area contributed by atoms with Gasteiger partial charge in [0.2, 0.25) is 0 Å². The molecule has 4 heteroatoms. The van der Waals surface area contributed by atoms with E-state index in [1.807, 2.05) is 35.8 Å². The first-order valence-electron chi connectivity index (χ1n) is 5.80. The number of aryl methyl sites for hydroxylation is 2. The van der Waals surface area contributed by atoms with Gasteiger partial charge in [0.05, 0.1) is 5.39 Å². The van der Waals surface area contributed by atoms with Crippen LogP contribution in [0.15, 0.2) is 53.0 Å². The summed E-state index contributed by atoms with van der Waals surface area (Å²) >= 11 is 1.60.